The van der Waals surface area contributed by atoms with Gasteiger partial charge in [-0.1, -0.05) is 35.9 Å². The Kier molecular flexibility index (Phi) is 7.57. The summed E-state index contributed by atoms with van der Waals surface area (Å²) in [7, 11) is 0. The fourth-order valence-corrected chi connectivity index (χ4v) is 3.22. The van der Waals surface area contributed by atoms with E-state index >= 15 is 0 Å². The maximum Gasteiger partial charge on any atom is 0.255 e. The largest absolute Gasteiger partial charge is 0.349 e. The van der Waals surface area contributed by atoms with E-state index in [1.807, 2.05) is 0 Å². The molecule has 0 bridgehead atoms. The first-order chi connectivity index (χ1) is 15.3. The Morgan fingerprint density at radius 3 is 2.22 bits per heavy atom. The molecule has 3 aromatic carbocycles. The molecule has 0 fully saturated rings. The summed E-state index contributed by atoms with van der Waals surface area (Å²) in [4.78, 5) is 36.7. The molecule has 0 spiro atoms. The topological polar surface area (TPSA) is 87.3 Å². The summed E-state index contributed by atoms with van der Waals surface area (Å²) in [5.74, 6) is -1.52. The fourth-order valence-electron chi connectivity index (χ4n) is 3.10. The molecule has 0 radical (unpaired) electrons. The molecule has 0 aliphatic rings. The number of benzene rings is 3. The lowest BCUT2D eigenvalue weighted by atomic mass is 10.0. The van der Waals surface area contributed by atoms with Crippen molar-refractivity contribution in [2.24, 2.45) is 0 Å². The zero-order valence-corrected chi connectivity index (χ0v) is 17.9. The predicted molar refractivity (Wildman–Crippen MR) is 122 cm³/mol. The van der Waals surface area contributed by atoms with Crippen molar-refractivity contribution in [1.82, 2.24) is 5.32 Å². The van der Waals surface area contributed by atoms with E-state index in [4.69, 9.17) is 11.6 Å². The fraction of sp³-hybridized carbons (Fsp3) is 0.125. The summed E-state index contributed by atoms with van der Waals surface area (Å²) < 4.78 is 13.3. The summed E-state index contributed by atoms with van der Waals surface area (Å²) in [5, 5.41) is 8.65. The Balaban J connectivity index is 1.68. The number of nitrogens with one attached hydrogen (secondary N) is 3. The Hall–Kier alpha value is -3.71. The highest BCUT2D eigenvalue weighted by Crippen LogP contribution is 2.21. The van der Waals surface area contributed by atoms with Crippen LogP contribution in [0.15, 0.2) is 72.8 Å². The molecule has 0 aliphatic heterocycles. The first-order valence-corrected chi connectivity index (χ1v) is 10.2. The van der Waals surface area contributed by atoms with Gasteiger partial charge in [0.15, 0.2) is 0 Å². The van der Waals surface area contributed by atoms with Gasteiger partial charge in [0.2, 0.25) is 11.8 Å². The van der Waals surface area contributed by atoms with Gasteiger partial charge >= 0.3 is 0 Å². The molecule has 6 nitrogen and oxygen atoms in total. The Bertz CT molecular complexity index is 1140. The van der Waals surface area contributed by atoms with E-state index in [0.717, 1.165) is 5.56 Å². The van der Waals surface area contributed by atoms with Gasteiger partial charge in [0, 0.05) is 28.9 Å². The van der Waals surface area contributed by atoms with E-state index in [2.05, 4.69) is 16.0 Å². The SMILES string of the molecule is CC(=O)NC(CC(=O)Nc1cccc(C(=O)Nc2cccc(F)c2)c1)c1ccc(Cl)cc1. The number of halogens is 2. The van der Waals surface area contributed by atoms with Crippen molar-refractivity contribution in [2.45, 2.75) is 19.4 Å². The second-order valence-electron chi connectivity index (χ2n) is 7.10. The summed E-state index contributed by atoms with van der Waals surface area (Å²) in [5.41, 5.74) is 1.77. The van der Waals surface area contributed by atoms with Gasteiger partial charge in [-0.05, 0) is 54.1 Å². The smallest absolute Gasteiger partial charge is 0.255 e. The highest BCUT2D eigenvalue weighted by Gasteiger charge is 2.18. The van der Waals surface area contributed by atoms with E-state index < -0.39 is 17.8 Å². The number of carbonyl (C=O) groups is 3. The van der Waals surface area contributed by atoms with E-state index in [9.17, 15) is 18.8 Å². The van der Waals surface area contributed by atoms with E-state index in [-0.39, 0.29) is 18.2 Å². The number of amides is 3. The van der Waals surface area contributed by atoms with Crippen LogP contribution < -0.4 is 16.0 Å². The molecule has 1 atom stereocenters. The van der Waals surface area contributed by atoms with E-state index in [0.29, 0.717) is 22.0 Å². The van der Waals surface area contributed by atoms with Gasteiger partial charge in [0.1, 0.15) is 5.82 Å². The van der Waals surface area contributed by atoms with Crippen LogP contribution in [-0.4, -0.2) is 17.7 Å². The molecule has 3 amide bonds. The summed E-state index contributed by atoms with van der Waals surface area (Å²) >= 11 is 5.92. The van der Waals surface area contributed by atoms with Crippen LogP contribution in [0, 0.1) is 5.82 Å². The minimum absolute atomic E-state index is 0.0130. The Labute approximate surface area is 189 Å². The van der Waals surface area contributed by atoms with Crippen LogP contribution in [0.5, 0.6) is 0 Å². The molecule has 32 heavy (non-hydrogen) atoms. The van der Waals surface area contributed by atoms with Crippen molar-refractivity contribution in [3.05, 3.63) is 94.8 Å². The summed E-state index contributed by atoms with van der Waals surface area (Å²) in [6.45, 7) is 1.38. The zero-order valence-electron chi connectivity index (χ0n) is 17.2. The first-order valence-electron chi connectivity index (χ1n) is 9.79. The average Bonchev–Trinajstić information content (AvgIpc) is 2.73. The quantitative estimate of drug-likeness (QED) is 0.473. The van der Waals surface area contributed by atoms with Gasteiger partial charge in [-0.2, -0.15) is 0 Å². The molecule has 0 heterocycles. The Morgan fingerprint density at radius 2 is 1.56 bits per heavy atom. The van der Waals surface area contributed by atoms with Gasteiger partial charge < -0.3 is 16.0 Å². The number of hydrogen-bond donors (Lipinski definition) is 3. The van der Waals surface area contributed by atoms with Gasteiger partial charge in [0.05, 0.1) is 12.5 Å². The normalized spacial score (nSPS) is 11.3. The molecule has 0 saturated heterocycles. The minimum atomic E-state index is -0.538. The third-order valence-corrected chi connectivity index (χ3v) is 4.78. The summed E-state index contributed by atoms with van der Waals surface area (Å²) in [6, 6.07) is 18.2. The van der Waals surface area contributed by atoms with Gasteiger partial charge in [-0.25, -0.2) is 4.39 Å². The molecule has 8 heteroatoms. The van der Waals surface area contributed by atoms with Crippen molar-refractivity contribution >= 4 is 40.7 Å². The number of hydrogen-bond acceptors (Lipinski definition) is 3. The standard InChI is InChI=1S/C24H21ClFN3O3/c1-15(30)27-22(16-8-10-18(25)11-9-16)14-23(31)28-20-6-2-4-17(12-20)24(32)29-21-7-3-5-19(26)13-21/h2-13,22H,14H2,1H3,(H,27,30)(H,28,31)(H,29,32). The van der Waals surface area contributed by atoms with E-state index in [1.165, 1.54) is 31.2 Å². The number of anilines is 2. The molecular formula is C24H21ClFN3O3. The molecule has 3 aromatic rings. The maximum atomic E-state index is 13.3. The van der Waals surface area contributed by atoms with Crippen LogP contribution in [0.2, 0.25) is 5.02 Å². The average molecular weight is 454 g/mol. The van der Waals surface area contributed by atoms with Gasteiger partial charge in [-0.3, -0.25) is 14.4 Å². The molecule has 1 unspecified atom stereocenters. The third kappa shape index (κ3) is 6.65. The molecule has 164 valence electrons. The highest BCUT2D eigenvalue weighted by molar-refractivity contribution is 6.30. The van der Waals surface area contributed by atoms with Crippen LogP contribution in [0.4, 0.5) is 15.8 Å². The highest BCUT2D eigenvalue weighted by atomic mass is 35.5. The molecule has 0 aliphatic carbocycles. The maximum absolute atomic E-state index is 13.3. The summed E-state index contributed by atoms with van der Waals surface area (Å²) in [6.07, 6.45) is -0.0130. The third-order valence-electron chi connectivity index (χ3n) is 4.53. The molecule has 3 N–H and O–H groups in total. The van der Waals surface area contributed by atoms with Crippen molar-refractivity contribution in [3.8, 4) is 0 Å². The van der Waals surface area contributed by atoms with Crippen LogP contribution in [0.25, 0.3) is 0 Å². The van der Waals surface area contributed by atoms with Gasteiger partial charge in [0.25, 0.3) is 5.91 Å². The van der Waals surface area contributed by atoms with Crippen LogP contribution in [0.3, 0.4) is 0 Å². The Morgan fingerprint density at radius 1 is 0.906 bits per heavy atom. The molecule has 0 saturated carbocycles. The van der Waals surface area contributed by atoms with E-state index in [1.54, 1.807) is 48.5 Å². The number of rotatable bonds is 7. The van der Waals surface area contributed by atoms with Crippen molar-refractivity contribution < 1.29 is 18.8 Å². The second kappa shape index (κ2) is 10.5. The minimum Gasteiger partial charge on any atom is -0.349 e. The molecule has 3 rings (SSSR count). The van der Waals surface area contributed by atoms with Crippen molar-refractivity contribution in [2.75, 3.05) is 10.6 Å². The van der Waals surface area contributed by atoms with Crippen molar-refractivity contribution in [3.63, 3.8) is 0 Å². The molecule has 0 aromatic heterocycles. The predicted octanol–water partition coefficient (Wildman–Crippen LogP) is 4.94. The van der Waals surface area contributed by atoms with Crippen LogP contribution in [-0.2, 0) is 9.59 Å². The lowest BCUT2D eigenvalue weighted by Crippen LogP contribution is -2.29. The van der Waals surface area contributed by atoms with Gasteiger partial charge in [-0.15, -0.1) is 0 Å². The van der Waals surface area contributed by atoms with Crippen molar-refractivity contribution in [1.29, 1.82) is 0 Å². The lowest BCUT2D eigenvalue weighted by molar-refractivity contribution is -0.120. The second-order valence-corrected chi connectivity index (χ2v) is 7.54. The zero-order chi connectivity index (χ0) is 23.1. The van der Waals surface area contributed by atoms with Crippen LogP contribution >= 0.6 is 11.6 Å². The molecular weight excluding hydrogens is 433 g/mol. The first kappa shape index (κ1) is 23.0. The lowest BCUT2D eigenvalue weighted by Gasteiger charge is -2.18. The van der Waals surface area contributed by atoms with Crippen LogP contribution in [0.1, 0.15) is 35.3 Å². The number of carbonyl (C=O) groups excluding carboxylic acids is 3. The monoisotopic (exact) mass is 453 g/mol.